The zero-order valence-electron chi connectivity index (χ0n) is 13.4. The monoisotopic (exact) mass is 395 g/mol. The van der Waals surface area contributed by atoms with Crippen molar-refractivity contribution in [3.8, 4) is 11.1 Å². The second-order valence-corrected chi connectivity index (χ2v) is 7.01. The maximum absolute atomic E-state index is 14.3. The fourth-order valence-electron chi connectivity index (χ4n) is 3.00. The lowest BCUT2D eigenvalue weighted by Crippen LogP contribution is -2.52. The number of hydrogen-bond acceptors (Lipinski definition) is 2. The number of nitrogens with zero attached hydrogens (tertiary/aromatic N) is 3. The van der Waals surface area contributed by atoms with Crippen LogP contribution in [0, 0.1) is 5.82 Å². The first-order chi connectivity index (χ1) is 12.4. The van der Waals surface area contributed by atoms with Crippen LogP contribution in [0.2, 0.25) is 10.0 Å². The van der Waals surface area contributed by atoms with Gasteiger partial charge < -0.3 is 9.47 Å². The smallest absolute Gasteiger partial charge is 0.242 e. The van der Waals surface area contributed by atoms with E-state index in [9.17, 15) is 13.6 Å². The highest BCUT2D eigenvalue weighted by Gasteiger charge is 2.30. The van der Waals surface area contributed by atoms with E-state index in [2.05, 4.69) is 4.98 Å². The molecule has 0 bridgehead atoms. The van der Waals surface area contributed by atoms with E-state index in [1.54, 1.807) is 29.0 Å². The van der Waals surface area contributed by atoms with Crippen LogP contribution in [0.4, 0.5) is 8.78 Å². The number of carbonyl (C=O) groups excluding carboxylic acids is 1. The highest BCUT2D eigenvalue weighted by molar-refractivity contribution is 6.35. The van der Waals surface area contributed by atoms with Gasteiger partial charge in [-0.25, -0.2) is 8.78 Å². The zero-order valence-corrected chi connectivity index (χ0v) is 14.9. The number of alkyl halides is 1. The SMILES string of the molecule is O=C(Cn1cc(Cl)c2ncc(-c3cccc(Cl)c3F)cc21)N1CC(F)C1. The number of halogens is 4. The second kappa shape index (κ2) is 6.52. The lowest BCUT2D eigenvalue weighted by atomic mass is 10.1. The molecule has 0 atom stereocenters. The van der Waals surface area contributed by atoms with Gasteiger partial charge in [0.15, 0.2) is 0 Å². The Morgan fingerprint density at radius 2 is 2.04 bits per heavy atom. The first kappa shape index (κ1) is 17.2. The number of benzene rings is 1. The molecule has 2 aromatic heterocycles. The Balaban J connectivity index is 1.73. The fourth-order valence-corrected chi connectivity index (χ4v) is 3.44. The molecule has 4 rings (SSSR count). The summed E-state index contributed by atoms with van der Waals surface area (Å²) in [5, 5.41) is 0.405. The Labute approximate surface area is 157 Å². The third kappa shape index (κ3) is 2.93. The number of aromatic nitrogens is 2. The summed E-state index contributed by atoms with van der Waals surface area (Å²) in [6.07, 6.45) is 2.16. The molecule has 0 unspecified atom stereocenters. The van der Waals surface area contributed by atoms with Crippen molar-refractivity contribution >= 4 is 40.1 Å². The molecule has 0 saturated carbocycles. The molecule has 26 heavy (non-hydrogen) atoms. The molecule has 1 amide bonds. The van der Waals surface area contributed by atoms with Gasteiger partial charge >= 0.3 is 0 Å². The molecular weight excluding hydrogens is 383 g/mol. The van der Waals surface area contributed by atoms with E-state index in [1.807, 2.05) is 0 Å². The van der Waals surface area contributed by atoms with E-state index in [0.29, 0.717) is 27.2 Å². The lowest BCUT2D eigenvalue weighted by molar-refractivity contribution is -0.138. The van der Waals surface area contributed by atoms with Crippen molar-refractivity contribution in [2.45, 2.75) is 12.7 Å². The van der Waals surface area contributed by atoms with Crippen molar-refractivity contribution in [3.05, 3.63) is 52.5 Å². The Kier molecular flexibility index (Phi) is 4.32. The van der Waals surface area contributed by atoms with Crippen molar-refractivity contribution in [1.82, 2.24) is 14.5 Å². The summed E-state index contributed by atoms with van der Waals surface area (Å²) >= 11 is 12.1. The highest BCUT2D eigenvalue weighted by Crippen LogP contribution is 2.31. The quantitative estimate of drug-likeness (QED) is 0.661. The van der Waals surface area contributed by atoms with Crippen molar-refractivity contribution in [2.75, 3.05) is 13.1 Å². The summed E-state index contributed by atoms with van der Waals surface area (Å²) in [7, 11) is 0. The van der Waals surface area contributed by atoms with E-state index >= 15 is 0 Å². The van der Waals surface area contributed by atoms with Crippen LogP contribution in [-0.4, -0.2) is 39.6 Å². The summed E-state index contributed by atoms with van der Waals surface area (Å²) in [4.78, 5) is 18.0. The molecule has 1 aliphatic heterocycles. The van der Waals surface area contributed by atoms with Crippen LogP contribution in [0.15, 0.2) is 36.7 Å². The summed E-state index contributed by atoms with van der Waals surface area (Å²) in [6.45, 7) is 0.241. The molecule has 1 aliphatic rings. The number of likely N-dealkylation sites (tertiary alicyclic amines) is 1. The molecule has 8 heteroatoms. The lowest BCUT2D eigenvalue weighted by Gasteiger charge is -2.34. The van der Waals surface area contributed by atoms with Crippen molar-refractivity contribution in [1.29, 1.82) is 0 Å². The third-order valence-corrected chi connectivity index (χ3v) is 5.00. The Hall–Kier alpha value is -2.18. The minimum absolute atomic E-state index is 0.0130. The molecular formula is C18H13Cl2F2N3O. The average molecular weight is 396 g/mol. The standard InChI is InChI=1S/C18H13Cl2F2N3O/c19-13-3-1-2-12(17(13)22)10-4-15-18(23-5-10)14(20)8-24(15)9-16(26)25-6-11(21)7-25/h1-5,8,11H,6-7,9H2. The molecule has 4 nitrogen and oxygen atoms in total. The van der Waals surface area contributed by atoms with Crippen molar-refractivity contribution < 1.29 is 13.6 Å². The Bertz CT molecular complexity index is 1020. The first-order valence-corrected chi connectivity index (χ1v) is 8.70. The van der Waals surface area contributed by atoms with Gasteiger partial charge in [0, 0.05) is 23.5 Å². The minimum Gasteiger partial charge on any atom is -0.335 e. The number of amides is 1. The van der Waals surface area contributed by atoms with Crippen LogP contribution in [0.5, 0.6) is 0 Å². The topological polar surface area (TPSA) is 38.1 Å². The molecule has 1 aromatic carbocycles. The maximum Gasteiger partial charge on any atom is 0.242 e. The zero-order chi connectivity index (χ0) is 18.4. The van der Waals surface area contributed by atoms with Gasteiger partial charge in [-0.2, -0.15) is 0 Å². The predicted octanol–water partition coefficient (Wildman–Crippen LogP) is 4.33. The Morgan fingerprint density at radius 1 is 1.27 bits per heavy atom. The van der Waals surface area contributed by atoms with E-state index in [4.69, 9.17) is 23.2 Å². The van der Waals surface area contributed by atoms with E-state index in [-0.39, 0.29) is 30.6 Å². The average Bonchev–Trinajstić information content (AvgIpc) is 2.89. The van der Waals surface area contributed by atoms with Gasteiger partial charge in [0.1, 0.15) is 24.1 Å². The second-order valence-electron chi connectivity index (χ2n) is 6.19. The highest BCUT2D eigenvalue weighted by atomic mass is 35.5. The summed E-state index contributed by atoms with van der Waals surface area (Å²) in [6, 6.07) is 6.43. The van der Waals surface area contributed by atoms with Gasteiger partial charge in [-0.05, 0) is 12.1 Å². The molecule has 0 spiro atoms. The number of carbonyl (C=O) groups is 1. The molecule has 134 valence electrons. The van der Waals surface area contributed by atoms with Crippen molar-refractivity contribution in [2.24, 2.45) is 0 Å². The molecule has 3 heterocycles. The van der Waals surface area contributed by atoms with Gasteiger partial charge in [0.2, 0.25) is 5.91 Å². The molecule has 0 N–H and O–H groups in total. The third-order valence-electron chi connectivity index (χ3n) is 4.43. The molecule has 1 saturated heterocycles. The normalized spacial score (nSPS) is 14.7. The van der Waals surface area contributed by atoms with Crippen LogP contribution in [0.25, 0.3) is 22.2 Å². The van der Waals surface area contributed by atoms with Gasteiger partial charge in [-0.1, -0.05) is 35.3 Å². The minimum atomic E-state index is -0.956. The fraction of sp³-hybridized carbons (Fsp3) is 0.222. The van der Waals surface area contributed by atoms with Crippen LogP contribution in [0.3, 0.4) is 0 Å². The number of pyridine rings is 1. The number of hydrogen-bond donors (Lipinski definition) is 0. The van der Waals surface area contributed by atoms with E-state index < -0.39 is 12.0 Å². The summed E-state index contributed by atoms with van der Waals surface area (Å²) in [5.41, 5.74) is 1.94. The largest absolute Gasteiger partial charge is 0.335 e. The van der Waals surface area contributed by atoms with Crippen LogP contribution < -0.4 is 0 Å². The predicted molar refractivity (Wildman–Crippen MR) is 96.6 cm³/mol. The van der Waals surface area contributed by atoms with E-state index in [0.717, 1.165) is 0 Å². The summed E-state index contributed by atoms with van der Waals surface area (Å²) < 4.78 is 28.9. The van der Waals surface area contributed by atoms with Crippen LogP contribution >= 0.6 is 23.2 Å². The van der Waals surface area contributed by atoms with E-state index in [1.165, 1.54) is 17.2 Å². The maximum atomic E-state index is 14.3. The van der Waals surface area contributed by atoms with Crippen molar-refractivity contribution in [3.63, 3.8) is 0 Å². The first-order valence-electron chi connectivity index (χ1n) is 7.94. The van der Waals surface area contributed by atoms with Gasteiger partial charge in [0.25, 0.3) is 0 Å². The Morgan fingerprint density at radius 3 is 2.77 bits per heavy atom. The number of rotatable bonds is 3. The van der Waals surface area contributed by atoms with Crippen LogP contribution in [-0.2, 0) is 11.3 Å². The van der Waals surface area contributed by atoms with Gasteiger partial charge in [-0.15, -0.1) is 0 Å². The van der Waals surface area contributed by atoms with Gasteiger partial charge in [-0.3, -0.25) is 9.78 Å². The molecule has 3 aromatic rings. The molecule has 1 fully saturated rings. The molecule has 0 aliphatic carbocycles. The van der Waals surface area contributed by atoms with Gasteiger partial charge in [0.05, 0.1) is 28.7 Å². The summed E-state index contributed by atoms with van der Waals surface area (Å²) in [5.74, 6) is -0.739. The number of fused-ring (bicyclic) bond motifs is 1. The van der Waals surface area contributed by atoms with Crippen LogP contribution in [0.1, 0.15) is 0 Å². The molecule has 0 radical (unpaired) electrons.